The van der Waals surface area contributed by atoms with Crippen LogP contribution in [0.15, 0.2) is 35.5 Å². The number of ketones is 2. The van der Waals surface area contributed by atoms with Gasteiger partial charge in [-0.2, -0.15) is 0 Å². The average molecular weight is 324 g/mol. The molecule has 1 aliphatic heterocycles. The van der Waals surface area contributed by atoms with Crippen molar-refractivity contribution in [1.29, 1.82) is 0 Å². The van der Waals surface area contributed by atoms with E-state index < -0.39 is 0 Å². The van der Waals surface area contributed by atoms with Crippen LogP contribution in [0.1, 0.15) is 46.5 Å². The van der Waals surface area contributed by atoms with E-state index in [4.69, 9.17) is 4.74 Å². The second-order valence-electron chi connectivity index (χ2n) is 8.79. The van der Waals surface area contributed by atoms with E-state index in [1.54, 1.807) is 13.0 Å². The number of carbonyl (C=O) groups is 2. The smallest absolute Gasteiger partial charge is 0.178 e. The van der Waals surface area contributed by atoms with Gasteiger partial charge in [-0.1, -0.05) is 24.6 Å². The molecule has 5 rings (SSSR count). The van der Waals surface area contributed by atoms with Crippen LogP contribution >= 0.6 is 0 Å². The summed E-state index contributed by atoms with van der Waals surface area (Å²) in [6, 6.07) is 0. The molecular weight excluding hydrogens is 300 g/mol. The van der Waals surface area contributed by atoms with Crippen molar-refractivity contribution in [2.75, 3.05) is 0 Å². The van der Waals surface area contributed by atoms with E-state index in [1.807, 2.05) is 6.08 Å². The zero-order chi connectivity index (χ0) is 16.9. The molecule has 0 unspecified atom stereocenters. The summed E-state index contributed by atoms with van der Waals surface area (Å²) in [6.45, 7) is 6.23. The first-order valence-corrected chi connectivity index (χ1v) is 9.16. The topological polar surface area (TPSA) is 46.7 Å². The Labute approximate surface area is 142 Å². The van der Waals surface area contributed by atoms with Crippen LogP contribution in [0.5, 0.6) is 0 Å². The van der Waals surface area contributed by atoms with Crippen LogP contribution in [0.4, 0.5) is 0 Å². The largest absolute Gasteiger partial charge is 0.364 e. The summed E-state index contributed by atoms with van der Waals surface area (Å²) in [6.07, 6.45) is 12.0. The lowest BCUT2D eigenvalue weighted by atomic mass is 9.47. The maximum Gasteiger partial charge on any atom is 0.178 e. The molecule has 0 aromatic heterocycles. The zero-order valence-corrected chi connectivity index (χ0v) is 14.6. The van der Waals surface area contributed by atoms with Crippen LogP contribution in [0, 0.1) is 22.7 Å². The summed E-state index contributed by atoms with van der Waals surface area (Å²) >= 11 is 0. The predicted octanol–water partition coefficient (Wildman–Crippen LogP) is 3.55. The minimum absolute atomic E-state index is 0.0348. The van der Waals surface area contributed by atoms with Gasteiger partial charge in [0.2, 0.25) is 0 Å². The van der Waals surface area contributed by atoms with Gasteiger partial charge in [0.25, 0.3) is 0 Å². The Hall–Kier alpha value is -1.48. The third-order valence-corrected chi connectivity index (χ3v) is 7.89. The van der Waals surface area contributed by atoms with Gasteiger partial charge in [-0.25, -0.2) is 0 Å². The van der Waals surface area contributed by atoms with Crippen molar-refractivity contribution in [3.63, 3.8) is 0 Å². The lowest BCUT2D eigenvalue weighted by Crippen LogP contribution is -2.56. The van der Waals surface area contributed by atoms with Gasteiger partial charge in [-0.15, -0.1) is 0 Å². The van der Waals surface area contributed by atoms with Crippen molar-refractivity contribution in [1.82, 2.24) is 0 Å². The molecule has 0 aromatic rings. The molecule has 3 fully saturated rings. The van der Waals surface area contributed by atoms with Crippen LogP contribution < -0.4 is 0 Å². The Morgan fingerprint density at radius 3 is 2.83 bits per heavy atom. The van der Waals surface area contributed by atoms with E-state index in [1.165, 1.54) is 5.57 Å². The molecular formula is C21H24O3. The number of Topliss-reactive ketones (excluding diaryl/α,β-unsaturated/α-hetero) is 1. The molecule has 4 aliphatic carbocycles. The minimum Gasteiger partial charge on any atom is -0.364 e. The normalized spacial score (nSPS) is 51.0. The standard InChI is InChI=1S/C21H24O3/c1-12(22)15-6-7-16-17-5-4-13-10-14(23)8-9-20(13,3)21(17)18(24-21)11-19(15,16)2/h6,8-10,16-18H,4-5,7,11H2,1-3H3/t16-,17-,18-,19+,20-,21+/m0/s1. The van der Waals surface area contributed by atoms with Crippen molar-refractivity contribution in [2.45, 2.75) is 58.2 Å². The molecule has 0 N–H and O–H groups in total. The first-order chi connectivity index (χ1) is 11.3. The number of hydrogen-bond acceptors (Lipinski definition) is 3. The quantitative estimate of drug-likeness (QED) is 0.693. The van der Waals surface area contributed by atoms with Gasteiger partial charge in [0.1, 0.15) is 5.60 Å². The first kappa shape index (κ1) is 14.8. The maximum atomic E-state index is 12.1. The maximum absolute atomic E-state index is 12.1. The summed E-state index contributed by atoms with van der Waals surface area (Å²) in [5.74, 6) is 1.28. The van der Waals surface area contributed by atoms with Crippen molar-refractivity contribution >= 4 is 11.6 Å². The SMILES string of the molecule is CC(=O)C1=CC[C@H]2[C@@H]3CCC4=CC(=O)C=C[C@]4(C)[C@@]34O[C@H]4C[C@]12C. The number of hydrogen-bond donors (Lipinski definition) is 0. The summed E-state index contributed by atoms with van der Waals surface area (Å²) in [5.41, 5.74) is 1.92. The molecule has 24 heavy (non-hydrogen) atoms. The fourth-order valence-corrected chi connectivity index (χ4v) is 6.77. The van der Waals surface area contributed by atoms with E-state index in [2.05, 4.69) is 26.0 Å². The van der Waals surface area contributed by atoms with Gasteiger partial charge in [-0.05, 0) is 69.1 Å². The van der Waals surface area contributed by atoms with Crippen molar-refractivity contribution in [3.8, 4) is 0 Å². The number of allylic oxidation sites excluding steroid dienone is 4. The Morgan fingerprint density at radius 1 is 1.29 bits per heavy atom. The molecule has 3 nitrogen and oxygen atoms in total. The minimum atomic E-state index is -0.158. The molecule has 1 heterocycles. The number of rotatable bonds is 1. The number of carbonyl (C=O) groups excluding carboxylic acids is 2. The fraction of sp³-hybridized carbons (Fsp3) is 0.619. The number of ether oxygens (including phenoxy) is 1. The van der Waals surface area contributed by atoms with Crippen LogP contribution in [0.3, 0.4) is 0 Å². The number of epoxide rings is 1. The Bertz CT molecular complexity index is 772. The Kier molecular flexibility index (Phi) is 2.59. The molecule has 3 heteroatoms. The summed E-state index contributed by atoms with van der Waals surface area (Å²) in [4.78, 5) is 24.0. The molecule has 0 aromatic carbocycles. The molecule has 126 valence electrons. The molecule has 6 atom stereocenters. The highest BCUT2D eigenvalue weighted by Crippen LogP contribution is 2.74. The molecule has 5 aliphatic rings. The second kappa shape index (κ2) is 4.19. The van der Waals surface area contributed by atoms with Gasteiger partial charge in [0.05, 0.1) is 6.10 Å². The fourth-order valence-electron chi connectivity index (χ4n) is 6.77. The second-order valence-corrected chi connectivity index (χ2v) is 8.79. The summed E-state index contributed by atoms with van der Waals surface area (Å²) < 4.78 is 6.46. The lowest BCUT2D eigenvalue weighted by Gasteiger charge is -2.54. The third-order valence-electron chi connectivity index (χ3n) is 7.89. The van der Waals surface area contributed by atoms with E-state index in [-0.39, 0.29) is 34.1 Å². The van der Waals surface area contributed by atoms with E-state index in [0.29, 0.717) is 11.8 Å². The molecule has 0 bridgehead atoms. The molecule has 0 amide bonds. The zero-order valence-electron chi connectivity index (χ0n) is 14.6. The first-order valence-electron chi connectivity index (χ1n) is 9.16. The van der Waals surface area contributed by atoms with E-state index in [9.17, 15) is 9.59 Å². The molecule has 1 saturated heterocycles. The van der Waals surface area contributed by atoms with Crippen molar-refractivity contribution < 1.29 is 14.3 Å². The van der Waals surface area contributed by atoms with E-state index in [0.717, 1.165) is 31.3 Å². The van der Waals surface area contributed by atoms with Gasteiger partial charge in [0, 0.05) is 10.8 Å². The van der Waals surface area contributed by atoms with Gasteiger partial charge in [0.15, 0.2) is 11.6 Å². The molecule has 0 radical (unpaired) electrons. The Morgan fingerprint density at radius 2 is 2.08 bits per heavy atom. The van der Waals surface area contributed by atoms with Gasteiger partial charge in [-0.3, -0.25) is 9.59 Å². The van der Waals surface area contributed by atoms with Crippen molar-refractivity contribution in [2.24, 2.45) is 22.7 Å². The average Bonchev–Trinajstić information content (AvgIpc) is 3.12. The number of fused-ring (bicyclic) bond motifs is 3. The van der Waals surface area contributed by atoms with E-state index >= 15 is 0 Å². The summed E-state index contributed by atoms with van der Waals surface area (Å²) in [7, 11) is 0. The molecule has 2 saturated carbocycles. The highest BCUT2D eigenvalue weighted by atomic mass is 16.6. The van der Waals surface area contributed by atoms with Gasteiger partial charge >= 0.3 is 0 Å². The van der Waals surface area contributed by atoms with Crippen LogP contribution in [-0.4, -0.2) is 23.3 Å². The highest BCUT2D eigenvalue weighted by Gasteiger charge is 2.78. The third kappa shape index (κ3) is 1.45. The monoisotopic (exact) mass is 324 g/mol. The van der Waals surface area contributed by atoms with Crippen molar-refractivity contribution in [3.05, 3.63) is 35.5 Å². The highest BCUT2D eigenvalue weighted by molar-refractivity contribution is 6.01. The summed E-state index contributed by atoms with van der Waals surface area (Å²) in [5, 5.41) is 0. The predicted molar refractivity (Wildman–Crippen MR) is 90.3 cm³/mol. The molecule has 1 spiro atoms. The van der Waals surface area contributed by atoms with Crippen LogP contribution in [0.25, 0.3) is 0 Å². The lowest BCUT2D eigenvalue weighted by molar-refractivity contribution is -0.115. The van der Waals surface area contributed by atoms with Gasteiger partial charge < -0.3 is 4.74 Å². The van der Waals surface area contributed by atoms with Crippen LogP contribution in [0.2, 0.25) is 0 Å². The Balaban J connectivity index is 1.59. The van der Waals surface area contributed by atoms with Crippen LogP contribution in [-0.2, 0) is 14.3 Å².